The Kier molecular flexibility index (Phi) is 4.11. The Hall–Kier alpha value is -1.77. The first-order valence-electron chi connectivity index (χ1n) is 5.38. The van der Waals surface area contributed by atoms with Gasteiger partial charge in [-0.15, -0.1) is 0 Å². The molecule has 0 aliphatic rings. The molecule has 0 amide bonds. The molecule has 0 saturated heterocycles. The van der Waals surface area contributed by atoms with Gasteiger partial charge in [-0.1, -0.05) is 13.8 Å². The number of aryl methyl sites for hydroxylation is 1. The Morgan fingerprint density at radius 3 is 2.50 bits per heavy atom. The lowest BCUT2D eigenvalue weighted by Gasteiger charge is -2.02. The van der Waals surface area contributed by atoms with Gasteiger partial charge in [0.2, 0.25) is 0 Å². The van der Waals surface area contributed by atoms with Crippen LogP contribution in [0.2, 0.25) is 0 Å². The Labute approximate surface area is 95.1 Å². The van der Waals surface area contributed by atoms with Gasteiger partial charge in [-0.05, 0) is 30.5 Å². The Morgan fingerprint density at radius 2 is 1.88 bits per heavy atom. The summed E-state index contributed by atoms with van der Waals surface area (Å²) in [6.07, 6.45) is 0. The van der Waals surface area contributed by atoms with Gasteiger partial charge in [0.25, 0.3) is 5.56 Å². The van der Waals surface area contributed by atoms with E-state index in [1.807, 2.05) is 38.1 Å². The van der Waals surface area contributed by atoms with Crippen molar-refractivity contribution in [2.75, 3.05) is 7.11 Å². The van der Waals surface area contributed by atoms with Crippen LogP contribution in [-0.4, -0.2) is 12.1 Å². The predicted octanol–water partition coefficient (Wildman–Crippen LogP) is 2.87. The Morgan fingerprint density at radius 1 is 1.19 bits per heavy atom. The van der Waals surface area contributed by atoms with E-state index < -0.39 is 0 Å². The minimum Gasteiger partial charge on any atom is -0.497 e. The third-order valence-electron chi connectivity index (χ3n) is 2.24. The van der Waals surface area contributed by atoms with Crippen LogP contribution >= 0.6 is 0 Å². The SMILES string of the molecule is CC.COc1ccc2cc(C)c(=O)[nH]c2c1. The third kappa shape index (κ3) is 2.42. The van der Waals surface area contributed by atoms with Crippen LogP contribution in [0.5, 0.6) is 5.75 Å². The van der Waals surface area contributed by atoms with Crippen LogP contribution in [0.3, 0.4) is 0 Å². The number of aromatic amines is 1. The number of hydrogen-bond donors (Lipinski definition) is 1. The van der Waals surface area contributed by atoms with Crippen LogP contribution in [0, 0.1) is 6.92 Å². The number of methoxy groups -OCH3 is 1. The second-order valence-corrected chi connectivity index (χ2v) is 3.23. The highest BCUT2D eigenvalue weighted by molar-refractivity contribution is 5.80. The molecule has 0 saturated carbocycles. The van der Waals surface area contributed by atoms with Crippen LogP contribution in [-0.2, 0) is 0 Å². The predicted molar refractivity (Wildman–Crippen MR) is 67.2 cm³/mol. The Bertz CT molecular complexity index is 529. The fourth-order valence-electron chi connectivity index (χ4n) is 1.42. The fraction of sp³-hybridized carbons (Fsp3) is 0.308. The molecule has 0 bridgehead atoms. The molecule has 0 fully saturated rings. The van der Waals surface area contributed by atoms with Crippen molar-refractivity contribution in [2.24, 2.45) is 0 Å². The maximum Gasteiger partial charge on any atom is 0.251 e. The number of benzene rings is 1. The van der Waals surface area contributed by atoms with Crippen LogP contribution in [0.4, 0.5) is 0 Å². The first-order chi connectivity index (χ1) is 7.70. The summed E-state index contributed by atoms with van der Waals surface area (Å²) >= 11 is 0. The molecule has 1 aromatic carbocycles. The van der Waals surface area contributed by atoms with Crippen molar-refractivity contribution in [3.8, 4) is 5.75 Å². The number of hydrogen-bond acceptors (Lipinski definition) is 2. The molecular formula is C13H17NO2. The van der Waals surface area contributed by atoms with Gasteiger partial charge >= 0.3 is 0 Å². The summed E-state index contributed by atoms with van der Waals surface area (Å²) < 4.78 is 5.07. The van der Waals surface area contributed by atoms with Gasteiger partial charge in [0.1, 0.15) is 5.75 Å². The highest BCUT2D eigenvalue weighted by atomic mass is 16.5. The topological polar surface area (TPSA) is 42.1 Å². The maximum atomic E-state index is 11.3. The average Bonchev–Trinajstić information content (AvgIpc) is 2.33. The number of nitrogens with one attached hydrogen (secondary N) is 1. The van der Waals surface area contributed by atoms with Crippen molar-refractivity contribution >= 4 is 10.9 Å². The van der Waals surface area contributed by atoms with Gasteiger partial charge in [0, 0.05) is 11.6 Å². The lowest BCUT2D eigenvalue weighted by molar-refractivity contribution is 0.415. The number of aromatic nitrogens is 1. The molecule has 1 aromatic heterocycles. The summed E-state index contributed by atoms with van der Waals surface area (Å²) in [4.78, 5) is 14.1. The molecule has 1 N–H and O–H groups in total. The van der Waals surface area contributed by atoms with Crippen molar-refractivity contribution in [2.45, 2.75) is 20.8 Å². The first kappa shape index (κ1) is 12.3. The number of pyridine rings is 1. The van der Waals surface area contributed by atoms with E-state index in [1.54, 1.807) is 14.0 Å². The molecule has 3 nitrogen and oxygen atoms in total. The van der Waals surface area contributed by atoms with Crippen LogP contribution in [0.25, 0.3) is 10.9 Å². The summed E-state index contributed by atoms with van der Waals surface area (Å²) in [6.45, 7) is 5.79. The molecule has 1 heterocycles. The van der Waals surface area contributed by atoms with Crippen molar-refractivity contribution in [1.29, 1.82) is 0 Å². The monoisotopic (exact) mass is 219 g/mol. The van der Waals surface area contributed by atoms with Crippen molar-refractivity contribution < 1.29 is 4.74 Å². The molecule has 3 heteroatoms. The zero-order valence-electron chi connectivity index (χ0n) is 10.1. The van der Waals surface area contributed by atoms with Crippen molar-refractivity contribution in [1.82, 2.24) is 4.98 Å². The molecule has 0 aliphatic heterocycles. The quantitative estimate of drug-likeness (QED) is 0.801. The summed E-state index contributed by atoms with van der Waals surface area (Å²) in [5.74, 6) is 0.747. The van der Waals surface area contributed by atoms with Gasteiger partial charge in [0.15, 0.2) is 0 Å². The number of fused-ring (bicyclic) bond motifs is 1. The van der Waals surface area contributed by atoms with Crippen molar-refractivity contribution in [3.63, 3.8) is 0 Å². The van der Waals surface area contributed by atoms with Gasteiger partial charge in [-0.3, -0.25) is 4.79 Å². The van der Waals surface area contributed by atoms with E-state index in [0.29, 0.717) is 0 Å². The third-order valence-corrected chi connectivity index (χ3v) is 2.24. The number of rotatable bonds is 1. The van der Waals surface area contributed by atoms with Crippen molar-refractivity contribution in [3.05, 3.63) is 40.2 Å². The van der Waals surface area contributed by atoms with E-state index in [9.17, 15) is 4.79 Å². The van der Waals surface area contributed by atoms with E-state index in [4.69, 9.17) is 4.74 Å². The molecule has 2 aromatic rings. The van der Waals surface area contributed by atoms with Crippen LogP contribution in [0.15, 0.2) is 29.1 Å². The zero-order valence-corrected chi connectivity index (χ0v) is 10.1. The summed E-state index contributed by atoms with van der Waals surface area (Å²) in [7, 11) is 1.60. The maximum absolute atomic E-state index is 11.3. The van der Waals surface area contributed by atoms with E-state index >= 15 is 0 Å². The molecule has 0 radical (unpaired) electrons. The molecule has 2 rings (SSSR count). The normalized spacial score (nSPS) is 9.50. The van der Waals surface area contributed by atoms with Gasteiger partial charge in [0.05, 0.1) is 12.6 Å². The molecule has 0 unspecified atom stereocenters. The molecule has 86 valence electrons. The molecule has 0 spiro atoms. The van der Waals surface area contributed by atoms with Gasteiger partial charge < -0.3 is 9.72 Å². The lowest BCUT2D eigenvalue weighted by atomic mass is 10.1. The second kappa shape index (κ2) is 5.35. The lowest BCUT2D eigenvalue weighted by Crippen LogP contribution is -2.08. The molecule has 0 atom stereocenters. The smallest absolute Gasteiger partial charge is 0.251 e. The van der Waals surface area contributed by atoms with Crippen LogP contribution in [0.1, 0.15) is 19.4 Å². The highest BCUT2D eigenvalue weighted by Crippen LogP contribution is 2.17. The van der Waals surface area contributed by atoms with Gasteiger partial charge in [-0.2, -0.15) is 0 Å². The van der Waals surface area contributed by atoms with E-state index in [1.165, 1.54) is 0 Å². The number of H-pyrrole nitrogens is 1. The first-order valence-corrected chi connectivity index (χ1v) is 5.38. The van der Waals surface area contributed by atoms with Crippen LogP contribution < -0.4 is 10.3 Å². The summed E-state index contributed by atoms with van der Waals surface area (Å²) in [5.41, 5.74) is 1.48. The van der Waals surface area contributed by atoms with E-state index in [-0.39, 0.29) is 5.56 Å². The molecular weight excluding hydrogens is 202 g/mol. The average molecular weight is 219 g/mol. The van der Waals surface area contributed by atoms with Gasteiger partial charge in [-0.25, -0.2) is 0 Å². The minimum absolute atomic E-state index is 0.0502. The highest BCUT2D eigenvalue weighted by Gasteiger charge is 1.99. The number of ether oxygens (including phenoxy) is 1. The summed E-state index contributed by atoms with van der Waals surface area (Å²) in [5, 5.41) is 1.02. The minimum atomic E-state index is -0.0502. The standard InChI is InChI=1S/C11H11NO2.C2H6/c1-7-5-8-3-4-9(14-2)6-10(8)12-11(7)13;1-2/h3-6H,1-2H3,(H,12,13);1-2H3. The van der Waals surface area contributed by atoms with E-state index in [2.05, 4.69) is 4.98 Å². The summed E-state index contributed by atoms with van der Waals surface area (Å²) in [6, 6.07) is 7.49. The zero-order chi connectivity index (χ0) is 12.1. The Balaban J connectivity index is 0.000000606. The van der Waals surface area contributed by atoms with E-state index in [0.717, 1.165) is 22.2 Å². The second-order valence-electron chi connectivity index (χ2n) is 3.23. The fourth-order valence-corrected chi connectivity index (χ4v) is 1.42. The molecule has 16 heavy (non-hydrogen) atoms. The molecule has 0 aliphatic carbocycles. The largest absolute Gasteiger partial charge is 0.497 e.